The van der Waals surface area contributed by atoms with E-state index in [-0.39, 0.29) is 22.3 Å². The number of ether oxygens (including phenoxy) is 1. The van der Waals surface area contributed by atoms with Crippen LogP contribution in [-0.2, 0) is 17.3 Å². The van der Waals surface area contributed by atoms with Gasteiger partial charge in [0.1, 0.15) is 5.69 Å². The van der Waals surface area contributed by atoms with Crippen LogP contribution in [0.3, 0.4) is 0 Å². The monoisotopic (exact) mass is 332 g/mol. The van der Waals surface area contributed by atoms with Crippen molar-refractivity contribution in [1.29, 1.82) is 0 Å². The molecule has 1 aliphatic heterocycles. The predicted molar refractivity (Wildman–Crippen MR) is 78.0 cm³/mol. The van der Waals surface area contributed by atoms with E-state index >= 15 is 0 Å². The van der Waals surface area contributed by atoms with E-state index in [0.29, 0.717) is 13.0 Å². The zero-order valence-electron chi connectivity index (χ0n) is 12.1. The minimum absolute atomic E-state index is 0.0527. The van der Waals surface area contributed by atoms with Gasteiger partial charge in [-0.25, -0.2) is 9.79 Å². The molecule has 0 aliphatic carbocycles. The number of aliphatic imine (C=N–C) groups is 1. The molecule has 2 rings (SSSR count). The van der Waals surface area contributed by atoms with Crippen LogP contribution in [0.15, 0.2) is 17.3 Å². The normalized spacial score (nSPS) is 15.1. The van der Waals surface area contributed by atoms with Gasteiger partial charge in [0.2, 0.25) is 0 Å². The maximum Gasteiger partial charge on any atom is 0.433 e. The minimum Gasteiger partial charge on any atom is -0.398 e. The van der Waals surface area contributed by atoms with Crippen molar-refractivity contribution in [2.24, 2.45) is 10.9 Å². The molecule has 0 aromatic carbocycles. The summed E-state index contributed by atoms with van der Waals surface area (Å²) in [5, 5.41) is 0.250. The average molecular weight is 332 g/mol. The van der Waals surface area contributed by atoms with Crippen molar-refractivity contribution >= 4 is 23.0 Å². The molecule has 0 spiro atoms. The standard InChI is InChI=1S/C14H15F3N2O2S/c1-8(2)5-9-6-11(14(15,16)17)19-7-10(9)12(20)21-13-18-3-4-22-13/h6-8H,3-5H2,1-2H3. The summed E-state index contributed by atoms with van der Waals surface area (Å²) in [7, 11) is 0. The van der Waals surface area contributed by atoms with Gasteiger partial charge in [-0.2, -0.15) is 13.2 Å². The quantitative estimate of drug-likeness (QED) is 0.794. The lowest BCUT2D eigenvalue weighted by Crippen LogP contribution is -2.16. The van der Waals surface area contributed by atoms with Crippen LogP contribution in [0.2, 0.25) is 0 Å². The molecule has 0 unspecified atom stereocenters. The van der Waals surface area contributed by atoms with Gasteiger partial charge in [-0.15, -0.1) is 0 Å². The van der Waals surface area contributed by atoms with Crippen molar-refractivity contribution in [2.45, 2.75) is 26.4 Å². The fourth-order valence-electron chi connectivity index (χ4n) is 1.96. The fourth-order valence-corrected chi connectivity index (χ4v) is 2.63. The number of thioether (sulfide) groups is 1. The van der Waals surface area contributed by atoms with E-state index in [4.69, 9.17) is 4.74 Å². The second-order valence-electron chi connectivity index (χ2n) is 5.21. The van der Waals surface area contributed by atoms with Gasteiger partial charge in [-0.05, 0) is 24.0 Å². The Balaban J connectivity index is 2.30. The molecular formula is C14H15F3N2O2S. The van der Waals surface area contributed by atoms with Gasteiger partial charge in [0.05, 0.1) is 12.1 Å². The van der Waals surface area contributed by atoms with Crippen LogP contribution >= 0.6 is 11.8 Å². The number of hydrogen-bond donors (Lipinski definition) is 0. The highest BCUT2D eigenvalue weighted by Crippen LogP contribution is 2.29. The topological polar surface area (TPSA) is 51.5 Å². The van der Waals surface area contributed by atoms with E-state index in [9.17, 15) is 18.0 Å². The zero-order valence-corrected chi connectivity index (χ0v) is 12.9. The van der Waals surface area contributed by atoms with E-state index in [1.54, 1.807) is 0 Å². The summed E-state index contributed by atoms with van der Waals surface area (Å²) in [5.41, 5.74) is -0.671. The second-order valence-corrected chi connectivity index (χ2v) is 6.25. The molecule has 120 valence electrons. The van der Waals surface area contributed by atoms with Crippen LogP contribution in [0.5, 0.6) is 0 Å². The molecule has 0 atom stereocenters. The number of rotatable bonds is 3. The lowest BCUT2D eigenvalue weighted by atomic mass is 9.98. The Morgan fingerprint density at radius 2 is 2.18 bits per heavy atom. The second kappa shape index (κ2) is 6.68. The highest BCUT2D eigenvalue weighted by molar-refractivity contribution is 8.13. The maximum atomic E-state index is 12.8. The Hall–Kier alpha value is -1.57. The Kier molecular flexibility index (Phi) is 5.10. The first-order chi connectivity index (χ1) is 10.3. The van der Waals surface area contributed by atoms with Crippen molar-refractivity contribution in [3.8, 4) is 0 Å². The molecule has 1 aromatic heterocycles. The number of aromatic nitrogens is 1. The number of halogens is 3. The maximum absolute atomic E-state index is 12.8. The molecule has 0 N–H and O–H groups in total. The van der Waals surface area contributed by atoms with Gasteiger partial charge in [0.15, 0.2) is 0 Å². The van der Waals surface area contributed by atoms with Crippen molar-refractivity contribution in [3.63, 3.8) is 0 Å². The first kappa shape index (κ1) is 16.8. The Labute approximate surface area is 130 Å². The van der Waals surface area contributed by atoms with Crippen molar-refractivity contribution in [3.05, 3.63) is 29.1 Å². The summed E-state index contributed by atoms with van der Waals surface area (Å²) in [6.45, 7) is 4.29. The summed E-state index contributed by atoms with van der Waals surface area (Å²) in [4.78, 5) is 19.5. The summed E-state index contributed by atoms with van der Waals surface area (Å²) >= 11 is 1.30. The third-order valence-electron chi connectivity index (χ3n) is 2.87. The molecule has 2 heterocycles. The number of esters is 1. The number of pyridine rings is 1. The van der Waals surface area contributed by atoms with Gasteiger partial charge in [-0.1, -0.05) is 25.6 Å². The molecule has 4 nitrogen and oxygen atoms in total. The number of hydrogen-bond acceptors (Lipinski definition) is 5. The lowest BCUT2D eigenvalue weighted by Gasteiger charge is -2.13. The number of nitrogens with zero attached hydrogens (tertiary/aromatic N) is 2. The molecule has 0 bridgehead atoms. The van der Waals surface area contributed by atoms with E-state index in [1.807, 2.05) is 13.8 Å². The molecule has 0 saturated heterocycles. The Bertz CT molecular complexity index is 600. The van der Waals surface area contributed by atoms with Gasteiger partial charge >= 0.3 is 12.1 Å². The summed E-state index contributed by atoms with van der Waals surface area (Å²) in [5.74, 6) is 0.102. The van der Waals surface area contributed by atoms with Crippen LogP contribution in [0.25, 0.3) is 0 Å². The fraction of sp³-hybridized carbons (Fsp3) is 0.500. The summed E-state index contributed by atoms with van der Waals surface area (Å²) < 4.78 is 43.4. The highest BCUT2D eigenvalue weighted by atomic mass is 32.2. The Morgan fingerprint density at radius 1 is 1.45 bits per heavy atom. The lowest BCUT2D eigenvalue weighted by molar-refractivity contribution is -0.141. The molecule has 0 radical (unpaired) electrons. The third kappa shape index (κ3) is 4.22. The Morgan fingerprint density at radius 3 is 2.73 bits per heavy atom. The van der Waals surface area contributed by atoms with Crippen LogP contribution < -0.4 is 0 Å². The van der Waals surface area contributed by atoms with Crippen molar-refractivity contribution in [2.75, 3.05) is 12.3 Å². The van der Waals surface area contributed by atoms with Gasteiger partial charge in [0.25, 0.3) is 5.23 Å². The number of alkyl halides is 3. The molecule has 1 aromatic rings. The van der Waals surface area contributed by atoms with Gasteiger partial charge < -0.3 is 4.74 Å². The number of carbonyl (C=O) groups is 1. The van der Waals surface area contributed by atoms with Gasteiger partial charge in [-0.3, -0.25) is 4.98 Å². The van der Waals surface area contributed by atoms with Crippen LogP contribution in [-0.4, -0.2) is 28.5 Å². The van der Waals surface area contributed by atoms with E-state index < -0.39 is 17.8 Å². The van der Waals surface area contributed by atoms with E-state index in [0.717, 1.165) is 18.0 Å². The first-order valence-corrected chi connectivity index (χ1v) is 7.71. The smallest absolute Gasteiger partial charge is 0.398 e. The van der Waals surface area contributed by atoms with Crippen LogP contribution in [0, 0.1) is 5.92 Å². The van der Waals surface area contributed by atoms with E-state index in [2.05, 4.69) is 9.98 Å². The summed E-state index contributed by atoms with van der Waals surface area (Å²) in [6.07, 6.45) is -3.28. The molecular weight excluding hydrogens is 317 g/mol. The zero-order chi connectivity index (χ0) is 16.3. The molecule has 0 saturated carbocycles. The first-order valence-electron chi connectivity index (χ1n) is 6.73. The largest absolute Gasteiger partial charge is 0.433 e. The van der Waals surface area contributed by atoms with E-state index in [1.165, 1.54) is 11.8 Å². The van der Waals surface area contributed by atoms with Crippen LogP contribution in [0.1, 0.15) is 35.5 Å². The molecule has 0 amide bonds. The SMILES string of the molecule is CC(C)Cc1cc(C(F)(F)F)ncc1C(=O)OC1=NCCS1. The van der Waals surface area contributed by atoms with Gasteiger partial charge in [0, 0.05) is 11.9 Å². The average Bonchev–Trinajstić information content (AvgIpc) is 2.89. The van der Waals surface area contributed by atoms with Crippen LogP contribution in [0.4, 0.5) is 13.2 Å². The van der Waals surface area contributed by atoms with Crippen molar-refractivity contribution < 1.29 is 22.7 Å². The molecule has 1 aliphatic rings. The summed E-state index contributed by atoms with van der Waals surface area (Å²) in [6, 6.07) is 0.917. The highest BCUT2D eigenvalue weighted by Gasteiger charge is 2.33. The molecule has 8 heteroatoms. The molecule has 0 fully saturated rings. The van der Waals surface area contributed by atoms with Crippen molar-refractivity contribution in [1.82, 2.24) is 4.98 Å². The molecule has 22 heavy (non-hydrogen) atoms. The minimum atomic E-state index is -4.54. The number of carbonyl (C=O) groups excluding carboxylic acids is 1. The predicted octanol–water partition coefficient (Wildman–Crippen LogP) is 3.56. The third-order valence-corrected chi connectivity index (χ3v) is 3.71.